The number of halogens is 3. The van der Waals surface area contributed by atoms with Crippen LogP contribution in [0.5, 0.6) is 0 Å². The molecular formula is C21H19F3N6O2S. The molecule has 0 aliphatic carbocycles. The van der Waals surface area contributed by atoms with E-state index in [4.69, 9.17) is 5.11 Å². The van der Waals surface area contributed by atoms with Gasteiger partial charge in [0.25, 0.3) is 5.91 Å². The summed E-state index contributed by atoms with van der Waals surface area (Å²) in [6, 6.07) is 5.89. The van der Waals surface area contributed by atoms with Gasteiger partial charge in [0.2, 0.25) is 0 Å². The molecule has 33 heavy (non-hydrogen) atoms. The van der Waals surface area contributed by atoms with Crippen molar-refractivity contribution in [3.8, 4) is 0 Å². The first-order valence-corrected chi connectivity index (χ1v) is 10.7. The minimum Gasteiger partial charge on any atom is -0.395 e. The molecule has 0 aliphatic heterocycles. The van der Waals surface area contributed by atoms with E-state index in [1.54, 1.807) is 30.1 Å². The maximum absolute atomic E-state index is 12.7. The van der Waals surface area contributed by atoms with E-state index < -0.39 is 11.7 Å². The Bertz CT molecular complexity index is 1270. The molecule has 1 amide bonds. The first-order chi connectivity index (χ1) is 15.7. The van der Waals surface area contributed by atoms with E-state index in [9.17, 15) is 18.0 Å². The normalized spacial score (nSPS) is 12.6. The van der Waals surface area contributed by atoms with Crippen LogP contribution in [0.1, 0.15) is 33.9 Å². The summed E-state index contributed by atoms with van der Waals surface area (Å²) in [5.41, 5.74) is 1.27. The Hall–Kier alpha value is -3.51. The van der Waals surface area contributed by atoms with Crippen LogP contribution in [0.15, 0.2) is 49.1 Å². The second kappa shape index (κ2) is 9.16. The van der Waals surface area contributed by atoms with Gasteiger partial charge in [-0.3, -0.25) is 4.79 Å². The summed E-state index contributed by atoms with van der Waals surface area (Å²) in [4.78, 5) is 26.0. The average molecular weight is 476 g/mol. The van der Waals surface area contributed by atoms with Gasteiger partial charge in [0.1, 0.15) is 11.2 Å². The van der Waals surface area contributed by atoms with Gasteiger partial charge < -0.3 is 20.3 Å². The quantitative estimate of drug-likeness (QED) is 0.370. The van der Waals surface area contributed by atoms with Gasteiger partial charge >= 0.3 is 6.18 Å². The van der Waals surface area contributed by atoms with Gasteiger partial charge in [-0.05, 0) is 37.3 Å². The molecule has 8 nitrogen and oxygen atoms in total. The van der Waals surface area contributed by atoms with E-state index in [0.29, 0.717) is 28.4 Å². The summed E-state index contributed by atoms with van der Waals surface area (Å²) in [7, 11) is 0. The Labute approximate surface area is 190 Å². The van der Waals surface area contributed by atoms with Crippen molar-refractivity contribution >= 4 is 39.1 Å². The number of imidazole rings is 1. The second-order valence-corrected chi connectivity index (χ2v) is 8.25. The summed E-state index contributed by atoms with van der Waals surface area (Å²) in [5.74, 6) is -0.383. The van der Waals surface area contributed by atoms with Crippen LogP contribution in [-0.4, -0.2) is 37.1 Å². The minimum atomic E-state index is -4.39. The van der Waals surface area contributed by atoms with Gasteiger partial charge in [0.05, 0.1) is 36.3 Å². The predicted molar refractivity (Wildman–Crippen MR) is 117 cm³/mol. The van der Waals surface area contributed by atoms with Gasteiger partial charge in [-0.25, -0.2) is 15.0 Å². The molecule has 4 aromatic rings. The topological polar surface area (TPSA) is 105 Å². The number of rotatable bonds is 7. The number of alkyl halides is 3. The average Bonchev–Trinajstić information content (AvgIpc) is 3.41. The summed E-state index contributed by atoms with van der Waals surface area (Å²) in [6.45, 7) is 2.09. The smallest absolute Gasteiger partial charge is 0.395 e. The van der Waals surface area contributed by atoms with Crippen LogP contribution >= 0.6 is 11.3 Å². The SMILES string of the molecule is CC(NC(=O)c1cc2c(cn1)ncn2CCO)c1cnc(Nc2ccc(C(F)(F)F)cc2)s1. The zero-order valence-corrected chi connectivity index (χ0v) is 18.1. The van der Waals surface area contributed by atoms with E-state index in [2.05, 4.69) is 25.6 Å². The van der Waals surface area contributed by atoms with Gasteiger partial charge in [-0.2, -0.15) is 13.2 Å². The standard InChI is InChI=1S/C21H19F3N6O2S/c1-12(28-19(32)15-8-17-16(9-25-15)27-11-30(17)6-7-31)18-10-26-20(33-18)29-14-4-2-13(3-5-14)21(22,23)24/h2-5,8-12,31H,6-7H2,1H3,(H,26,29)(H,28,32). The zero-order valence-electron chi connectivity index (χ0n) is 17.3. The molecule has 0 bridgehead atoms. The largest absolute Gasteiger partial charge is 0.416 e. The number of thiazole rings is 1. The number of carbonyl (C=O) groups is 1. The van der Waals surface area contributed by atoms with Crippen LogP contribution in [0, 0.1) is 0 Å². The fourth-order valence-corrected chi connectivity index (χ4v) is 3.96. The molecular weight excluding hydrogens is 457 g/mol. The highest BCUT2D eigenvalue weighted by Crippen LogP contribution is 2.31. The van der Waals surface area contributed by atoms with Crippen molar-refractivity contribution in [3.05, 3.63) is 65.2 Å². The number of anilines is 2. The van der Waals surface area contributed by atoms with Gasteiger partial charge in [0, 0.05) is 23.3 Å². The van der Waals surface area contributed by atoms with E-state index in [-0.39, 0.29) is 24.2 Å². The predicted octanol–water partition coefficient (Wildman–Crippen LogP) is 4.13. The van der Waals surface area contributed by atoms with Crippen molar-refractivity contribution < 1.29 is 23.1 Å². The summed E-state index contributed by atoms with van der Waals surface area (Å²) >= 11 is 1.27. The Morgan fingerprint density at radius 3 is 2.64 bits per heavy atom. The summed E-state index contributed by atoms with van der Waals surface area (Å²) < 4.78 is 39.8. The number of pyridine rings is 1. The lowest BCUT2D eigenvalue weighted by Crippen LogP contribution is -2.27. The molecule has 0 radical (unpaired) electrons. The lowest BCUT2D eigenvalue weighted by Gasteiger charge is -2.11. The molecule has 172 valence electrons. The number of amides is 1. The lowest BCUT2D eigenvalue weighted by molar-refractivity contribution is -0.137. The molecule has 3 heterocycles. The monoisotopic (exact) mass is 476 g/mol. The number of fused-ring (bicyclic) bond motifs is 1. The first-order valence-electron chi connectivity index (χ1n) is 9.87. The van der Waals surface area contributed by atoms with Crippen molar-refractivity contribution in [2.24, 2.45) is 0 Å². The molecule has 0 spiro atoms. The van der Waals surface area contributed by atoms with Crippen molar-refractivity contribution in [1.29, 1.82) is 0 Å². The summed E-state index contributed by atoms with van der Waals surface area (Å²) in [6.07, 6.45) is 0.282. The van der Waals surface area contributed by atoms with Crippen molar-refractivity contribution in [3.63, 3.8) is 0 Å². The number of aliphatic hydroxyl groups is 1. The number of aliphatic hydroxyl groups excluding tert-OH is 1. The molecule has 0 saturated heterocycles. The van der Waals surface area contributed by atoms with Crippen LogP contribution in [0.4, 0.5) is 24.0 Å². The highest BCUT2D eigenvalue weighted by molar-refractivity contribution is 7.15. The fourth-order valence-electron chi connectivity index (χ4n) is 3.12. The number of hydrogen-bond donors (Lipinski definition) is 3. The first kappa shape index (κ1) is 22.7. The molecule has 1 atom stereocenters. The fraction of sp³-hybridized carbons (Fsp3) is 0.238. The third kappa shape index (κ3) is 5.12. The maximum Gasteiger partial charge on any atom is 0.416 e. The van der Waals surface area contributed by atoms with Crippen molar-refractivity contribution in [2.45, 2.75) is 25.7 Å². The highest BCUT2D eigenvalue weighted by atomic mass is 32.1. The van der Waals surface area contributed by atoms with E-state index >= 15 is 0 Å². The van der Waals surface area contributed by atoms with Crippen LogP contribution in [-0.2, 0) is 12.7 Å². The Morgan fingerprint density at radius 1 is 1.18 bits per heavy atom. The second-order valence-electron chi connectivity index (χ2n) is 7.18. The number of nitrogens with one attached hydrogen (secondary N) is 2. The number of carbonyl (C=O) groups excluding carboxylic acids is 1. The molecule has 1 aromatic carbocycles. The summed E-state index contributed by atoms with van der Waals surface area (Å²) in [5, 5.41) is 15.5. The van der Waals surface area contributed by atoms with Crippen molar-refractivity contribution in [2.75, 3.05) is 11.9 Å². The van der Waals surface area contributed by atoms with Crippen molar-refractivity contribution in [1.82, 2.24) is 24.8 Å². The Morgan fingerprint density at radius 2 is 1.94 bits per heavy atom. The molecule has 1 unspecified atom stereocenters. The van der Waals surface area contributed by atoms with Crippen LogP contribution in [0.25, 0.3) is 11.0 Å². The maximum atomic E-state index is 12.7. The third-order valence-corrected chi connectivity index (χ3v) is 5.94. The zero-order chi connectivity index (χ0) is 23.6. The van der Waals surface area contributed by atoms with E-state index in [1.807, 2.05) is 0 Å². The Kier molecular flexibility index (Phi) is 6.29. The molecule has 12 heteroatoms. The molecule has 4 rings (SSSR count). The molecule has 3 aromatic heterocycles. The molecule has 0 fully saturated rings. The molecule has 0 saturated carbocycles. The molecule has 0 aliphatic rings. The van der Waals surface area contributed by atoms with Gasteiger partial charge in [-0.15, -0.1) is 0 Å². The van der Waals surface area contributed by atoms with Gasteiger partial charge in [0.15, 0.2) is 5.13 Å². The Balaban J connectivity index is 1.42. The molecule has 3 N–H and O–H groups in total. The minimum absolute atomic E-state index is 0.0550. The van der Waals surface area contributed by atoms with E-state index in [0.717, 1.165) is 17.0 Å². The highest BCUT2D eigenvalue weighted by Gasteiger charge is 2.30. The van der Waals surface area contributed by atoms with Crippen LogP contribution < -0.4 is 10.6 Å². The number of nitrogens with zero attached hydrogens (tertiary/aromatic N) is 4. The number of benzene rings is 1. The van der Waals surface area contributed by atoms with Crippen LogP contribution in [0.2, 0.25) is 0 Å². The van der Waals surface area contributed by atoms with Crippen LogP contribution in [0.3, 0.4) is 0 Å². The third-order valence-electron chi connectivity index (χ3n) is 4.84. The van der Waals surface area contributed by atoms with Gasteiger partial charge in [-0.1, -0.05) is 11.3 Å². The number of aromatic nitrogens is 4. The lowest BCUT2D eigenvalue weighted by atomic mass is 10.2. The number of hydrogen-bond acceptors (Lipinski definition) is 7. The van der Waals surface area contributed by atoms with E-state index in [1.165, 1.54) is 29.7 Å².